The van der Waals surface area contributed by atoms with Crippen LogP contribution >= 0.6 is 0 Å². The second-order valence-electron chi connectivity index (χ2n) is 6.98. The van der Waals surface area contributed by atoms with Crippen molar-refractivity contribution in [3.05, 3.63) is 52.5 Å². The first-order valence-electron chi connectivity index (χ1n) is 9.43. The number of hydrogen-bond acceptors (Lipinski definition) is 5. The molecule has 1 atom stereocenters. The number of hydrogen-bond donors (Lipinski definition) is 1. The SMILES string of the molecule is Cc1ccc2nc(N3CCS(=O)C4=CCCC=C4C3)cc(OCCN)c2c1. The second-order valence-corrected chi connectivity index (χ2v) is 8.52. The number of pyridine rings is 1. The van der Waals surface area contributed by atoms with E-state index in [4.69, 9.17) is 15.5 Å². The summed E-state index contributed by atoms with van der Waals surface area (Å²) in [5, 5.41) is 1.00. The quantitative estimate of drug-likeness (QED) is 0.879. The number of rotatable bonds is 4. The molecule has 1 aromatic carbocycles. The maximum absolute atomic E-state index is 12.6. The van der Waals surface area contributed by atoms with Crippen molar-refractivity contribution in [2.75, 3.05) is 36.9 Å². The number of nitrogens with zero attached hydrogens (tertiary/aromatic N) is 2. The lowest BCUT2D eigenvalue weighted by Gasteiger charge is -2.24. The Labute approximate surface area is 162 Å². The molecule has 2 aromatic rings. The molecule has 0 saturated carbocycles. The number of fused-ring (bicyclic) bond motifs is 2. The minimum absolute atomic E-state index is 0.467. The van der Waals surface area contributed by atoms with Crippen LogP contribution in [0.5, 0.6) is 5.75 Å². The topological polar surface area (TPSA) is 68.5 Å². The van der Waals surface area contributed by atoms with Crippen molar-refractivity contribution in [1.29, 1.82) is 0 Å². The summed E-state index contributed by atoms with van der Waals surface area (Å²) in [6, 6.07) is 8.19. The Morgan fingerprint density at radius 1 is 1.26 bits per heavy atom. The zero-order valence-corrected chi connectivity index (χ0v) is 16.4. The van der Waals surface area contributed by atoms with Gasteiger partial charge in [-0.15, -0.1) is 0 Å². The van der Waals surface area contributed by atoms with Crippen LogP contribution in [-0.2, 0) is 10.8 Å². The number of aromatic nitrogens is 1. The van der Waals surface area contributed by atoms with Gasteiger partial charge in [-0.1, -0.05) is 23.8 Å². The van der Waals surface area contributed by atoms with Crippen molar-refractivity contribution in [3.8, 4) is 5.75 Å². The molecule has 0 bridgehead atoms. The summed E-state index contributed by atoms with van der Waals surface area (Å²) in [4.78, 5) is 8.11. The zero-order valence-electron chi connectivity index (χ0n) is 15.6. The van der Waals surface area contributed by atoms with Gasteiger partial charge in [0.05, 0.1) is 16.3 Å². The predicted molar refractivity (Wildman–Crippen MR) is 112 cm³/mol. The lowest BCUT2D eigenvalue weighted by atomic mass is 10.1. The van der Waals surface area contributed by atoms with E-state index in [1.165, 1.54) is 11.1 Å². The Bertz CT molecular complexity index is 952. The average Bonchev–Trinajstić information content (AvgIpc) is 2.85. The highest BCUT2D eigenvalue weighted by Gasteiger charge is 2.24. The van der Waals surface area contributed by atoms with Gasteiger partial charge >= 0.3 is 0 Å². The minimum Gasteiger partial charge on any atom is -0.491 e. The standard InChI is InChI=1S/C21H25N3O2S/c1-15-6-7-18-17(12-15)19(26-10-8-22)13-21(23-18)24-9-11-27(25)20-5-3-2-4-16(20)14-24/h4-7,12-13H,2-3,8-11,14,22H2,1H3. The maximum Gasteiger partial charge on any atom is 0.133 e. The number of ether oxygens (including phenoxy) is 1. The van der Waals surface area contributed by atoms with Crippen LogP contribution in [0.4, 0.5) is 5.82 Å². The van der Waals surface area contributed by atoms with Crippen LogP contribution in [0.25, 0.3) is 10.9 Å². The fraction of sp³-hybridized carbons (Fsp3) is 0.381. The van der Waals surface area contributed by atoms with Crippen molar-refractivity contribution < 1.29 is 8.95 Å². The van der Waals surface area contributed by atoms with Crippen molar-refractivity contribution in [1.82, 2.24) is 4.98 Å². The van der Waals surface area contributed by atoms with Crippen LogP contribution in [0.15, 0.2) is 46.9 Å². The van der Waals surface area contributed by atoms with E-state index in [0.717, 1.165) is 46.8 Å². The molecule has 142 valence electrons. The molecule has 1 aliphatic heterocycles. The molecule has 0 spiro atoms. The third-order valence-corrected chi connectivity index (χ3v) is 6.44. The van der Waals surface area contributed by atoms with Gasteiger partial charge in [-0.3, -0.25) is 4.21 Å². The number of benzene rings is 1. The fourth-order valence-corrected chi connectivity index (χ4v) is 4.96. The molecule has 1 unspecified atom stereocenters. The molecule has 2 N–H and O–H groups in total. The highest BCUT2D eigenvalue weighted by molar-refractivity contribution is 7.89. The van der Waals surface area contributed by atoms with Gasteiger partial charge in [0.1, 0.15) is 18.2 Å². The van der Waals surface area contributed by atoms with Crippen LogP contribution < -0.4 is 15.4 Å². The van der Waals surface area contributed by atoms with Crippen molar-refractivity contribution >= 4 is 27.5 Å². The lowest BCUT2D eigenvalue weighted by molar-refractivity contribution is 0.332. The normalized spacial score (nSPS) is 19.9. The molecule has 1 aromatic heterocycles. The van der Waals surface area contributed by atoms with Gasteiger partial charge in [0, 0.05) is 41.7 Å². The van der Waals surface area contributed by atoms with Crippen molar-refractivity contribution in [3.63, 3.8) is 0 Å². The molecular weight excluding hydrogens is 358 g/mol. The Kier molecular flexibility index (Phi) is 5.27. The molecule has 2 aliphatic rings. The molecule has 1 aliphatic carbocycles. The zero-order chi connectivity index (χ0) is 18.8. The van der Waals surface area contributed by atoms with Crippen LogP contribution in [-0.4, -0.2) is 41.2 Å². The summed E-state index contributed by atoms with van der Waals surface area (Å²) in [6.07, 6.45) is 6.36. The van der Waals surface area contributed by atoms with E-state index >= 15 is 0 Å². The van der Waals surface area contributed by atoms with E-state index in [-0.39, 0.29) is 0 Å². The van der Waals surface area contributed by atoms with Gasteiger partial charge in [0.2, 0.25) is 0 Å². The van der Waals surface area contributed by atoms with Crippen LogP contribution in [0, 0.1) is 6.92 Å². The van der Waals surface area contributed by atoms with Gasteiger partial charge < -0.3 is 15.4 Å². The summed E-state index contributed by atoms with van der Waals surface area (Å²) in [5.74, 6) is 2.29. The van der Waals surface area contributed by atoms with Gasteiger partial charge in [0.25, 0.3) is 0 Å². The molecule has 0 amide bonds. The van der Waals surface area contributed by atoms with E-state index in [2.05, 4.69) is 36.1 Å². The number of aryl methyl sites for hydroxylation is 1. The molecular formula is C21H25N3O2S. The highest BCUT2D eigenvalue weighted by atomic mass is 32.2. The van der Waals surface area contributed by atoms with E-state index in [9.17, 15) is 4.21 Å². The molecule has 0 radical (unpaired) electrons. The van der Waals surface area contributed by atoms with Crippen molar-refractivity contribution in [2.45, 2.75) is 19.8 Å². The molecule has 1 saturated heterocycles. The Morgan fingerprint density at radius 3 is 2.96 bits per heavy atom. The van der Waals surface area contributed by atoms with Gasteiger partial charge in [-0.05, 0) is 37.5 Å². The van der Waals surface area contributed by atoms with Crippen LogP contribution in [0.3, 0.4) is 0 Å². The van der Waals surface area contributed by atoms with Crippen LogP contribution in [0.1, 0.15) is 18.4 Å². The molecule has 4 rings (SSSR count). The minimum atomic E-state index is -0.933. The Balaban J connectivity index is 1.74. The fourth-order valence-electron chi connectivity index (χ4n) is 3.61. The second kappa shape index (κ2) is 7.82. The molecule has 6 heteroatoms. The van der Waals surface area contributed by atoms with Gasteiger partial charge in [0.15, 0.2) is 0 Å². The third-order valence-electron chi connectivity index (χ3n) is 4.97. The van der Waals surface area contributed by atoms with E-state index in [1.807, 2.05) is 12.1 Å². The van der Waals surface area contributed by atoms with Crippen molar-refractivity contribution in [2.24, 2.45) is 5.73 Å². The number of nitrogens with two attached hydrogens (primary N) is 1. The smallest absolute Gasteiger partial charge is 0.133 e. The first-order chi connectivity index (χ1) is 13.2. The highest BCUT2D eigenvalue weighted by Crippen LogP contribution is 2.32. The molecule has 27 heavy (non-hydrogen) atoms. The third kappa shape index (κ3) is 3.77. The van der Waals surface area contributed by atoms with E-state index in [1.54, 1.807) is 0 Å². The van der Waals surface area contributed by atoms with Gasteiger partial charge in [-0.25, -0.2) is 4.98 Å². The molecule has 2 heterocycles. The summed E-state index contributed by atoms with van der Waals surface area (Å²) in [5.41, 5.74) is 8.89. The largest absolute Gasteiger partial charge is 0.491 e. The summed E-state index contributed by atoms with van der Waals surface area (Å²) in [6.45, 7) is 4.44. The predicted octanol–water partition coefficient (Wildman–Crippen LogP) is 3.05. The summed E-state index contributed by atoms with van der Waals surface area (Å²) < 4.78 is 18.5. The molecule has 5 nitrogen and oxygen atoms in total. The number of allylic oxidation sites excluding steroid dienone is 2. The average molecular weight is 384 g/mol. The van der Waals surface area contributed by atoms with Gasteiger partial charge in [-0.2, -0.15) is 0 Å². The first kappa shape index (κ1) is 18.2. The molecule has 1 fully saturated rings. The first-order valence-corrected chi connectivity index (χ1v) is 10.7. The Hall–Kier alpha value is -2.18. The lowest BCUT2D eigenvalue weighted by Crippen LogP contribution is -2.28. The summed E-state index contributed by atoms with van der Waals surface area (Å²) >= 11 is 0. The van der Waals surface area contributed by atoms with Crippen LogP contribution in [0.2, 0.25) is 0 Å². The monoisotopic (exact) mass is 383 g/mol. The Morgan fingerprint density at radius 2 is 2.11 bits per heavy atom. The number of anilines is 1. The van der Waals surface area contributed by atoms with E-state index < -0.39 is 10.8 Å². The summed E-state index contributed by atoms with van der Waals surface area (Å²) in [7, 11) is -0.933. The van der Waals surface area contributed by atoms with E-state index in [0.29, 0.717) is 25.4 Å². The maximum atomic E-state index is 12.6.